The molecule has 0 saturated heterocycles. The summed E-state index contributed by atoms with van der Waals surface area (Å²) in [7, 11) is 0. The van der Waals surface area contributed by atoms with E-state index < -0.39 is 17.6 Å². The number of benzene rings is 2. The molecular weight excluding hydrogens is 507 g/mol. The van der Waals surface area contributed by atoms with Crippen LogP contribution in [0.2, 0.25) is 0 Å². The number of rotatable bonds is 7. The summed E-state index contributed by atoms with van der Waals surface area (Å²) in [6.45, 7) is 3.43. The van der Waals surface area contributed by atoms with E-state index in [9.17, 15) is 23.6 Å². The summed E-state index contributed by atoms with van der Waals surface area (Å²) in [5.41, 5.74) is 2.76. The molecule has 5 rings (SSSR count). The van der Waals surface area contributed by atoms with Crippen molar-refractivity contribution >= 4 is 34.8 Å². The van der Waals surface area contributed by atoms with Gasteiger partial charge < -0.3 is 20.7 Å². The van der Waals surface area contributed by atoms with Gasteiger partial charge in [-0.3, -0.25) is 19.2 Å². The molecule has 4 aromatic rings. The van der Waals surface area contributed by atoms with Gasteiger partial charge in [0.15, 0.2) is 23.9 Å². The highest BCUT2D eigenvalue weighted by Gasteiger charge is 2.21. The number of aryl methyl sites for hydroxylation is 1. The molecule has 12 heteroatoms. The number of Topliss-reactive ketones (excluding diaryl/α,β-unsaturated/α-hetero) is 1. The van der Waals surface area contributed by atoms with Crippen molar-refractivity contribution in [2.24, 2.45) is 0 Å². The summed E-state index contributed by atoms with van der Waals surface area (Å²) in [6, 6.07) is 11.5. The van der Waals surface area contributed by atoms with Gasteiger partial charge in [-0.25, -0.2) is 13.9 Å². The zero-order valence-electron chi connectivity index (χ0n) is 21.0. The first-order valence-electron chi connectivity index (χ1n) is 12.0. The third-order valence-corrected chi connectivity index (χ3v) is 6.15. The summed E-state index contributed by atoms with van der Waals surface area (Å²) in [6.07, 6.45) is 0.911. The van der Waals surface area contributed by atoms with E-state index in [1.807, 2.05) is 0 Å². The summed E-state index contributed by atoms with van der Waals surface area (Å²) in [4.78, 5) is 53.3. The minimum absolute atomic E-state index is 0.0545. The van der Waals surface area contributed by atoms with E-state index in [0.717, 1.165) is 21.8 Å². The van der Waals surface area contributed by atoms with Crippen molar-refractivity contribution in [1.82, 2.24) is 25.2 Å². The number of nitrogens with one attached hydrogen (secondary N) is 3. The van der Waals surface area contributed by atoms with Crippen molar-refractivity contribution in [3.8, 4) is 5.75 Å². The number of ketones is 1. The Kier molecular flexibility index (Phi) is 6.75. The van der Waals surface area contributed by atoms with Crippen LogP contribution in [0, 0.1) is 12.7 Å². The Morgan fingerprint density at radius 1 is 1.05 bits per heavy atom. The fraction of sp³-hybridized carbons (Fsp3) is 0.185. The molecule has 3 amide bonds. The molecular formula is C27H23FN6O5. The molecule has 1 aliphatic heterocycles. The monoisotopic (exact) mass is 530 g/mol. The maximum absolute atomic E-state index is 14.4. The number of fused-ring (bicyclic) bond motifs is 2. The largest absolute Gasteiger partial charge is 0.482 e. The fourth-order valence-electron chi connectivity index (χ4n) is 4.23. The average molecular weight is 531 g/mol. The van der Waals surface area contributed by atoms with Crippen LogP contribution in [-0.2, 0) is 17.9 Å². The smallest absolute Gasteiger partial charge is 0.270 e. The highest BCUT2D eigenvalue weighted by Crippen LogP contribution is 2.28. The van der Waals surface area contributed by atoms with E-state index >= 15 is 0 Å². The van der Waals surface area contributed by atoms with Gasteiger partial charge in [-0.05, 0) is 42.7 Å². The van der Waals surface area contributed by atoms with E-state index in [1.54, 1.807) is 43.3 Å². The predicted octanol–water partition coefficient (Wildman–Crippen LogP) is 2.57. The average Bonchev–Trinajstić information content (AvgIpc) is 3.29. The first-order chi connectivity index (χ1) is 18.7. The molecule has 1 aliphatic rings. The molecule has 11 nitrogen and oxygen atoms in total. The standard InChI is InChI=1S/C27H23FN6O5/c1-14-7-16(3-5-18(14)15(2)35)10-30-27(38)22-9-21(33-25-19(28)12-31-34(22)25)26(37)29-11-17-4-6-23-20(8-17)32-24(36)13-39-23/h3-9,12H,10-11,13H2,1-2H3,(H,29,37)(H,30,38)(H,32,36). The second-order valence-electron chi connectivity index (χ2n) is 8.99. The lowest BCUT2D eigenvalue weighted by atomic mass is 10.0. The van der Waals surface area contributed by atoms with Crippen LogP contribution in [0.5, 0.6) is 5.75 Å². The zero-order valence-corrected chi connectivity index (χ0v) is 21.0. The van der Waals surface area contributed by atoms with Crippen molar-refractivity contribution in [2.45, 2.75) is 26.9 Å². The summed E-state index contributed by atoms with van der Waals surface area (Å²) >= 11 is 0. The van der Waals surface area contributed by atoms with E-state index in [4.69, 9.17) is 4.74 Å². The van der Waals surface area contributed by atoms with Crippen LogP contribution < -0.4 is 20.7 Å². The quantitative estimate of drug-likeness (QED) is 0.312. The van der Waals surface area contributed by atoms with Crippen LogP contribution >= 0.6 is 0 Å². The molecule has 0 bridgehead atoms. The lowest BCUT2D eigenvalue weighted by molar-refractivity contribution is -0.118. The molecule has 0 aliphatic carbocycles. The zero-order chi connectivity index (χ0) is 27.7. The first-order valence-corrected chi connectivity index (χ1v) is 12.0. The van der Waals surface area contributed by atoms with E-state index in [2.05, 4.69) is 26.0 Å². The van der Waals surface area contributed by atoms with Gasteiger partial charge in [0.1, 0.15) is 17.1 Å². The lowest BCUT2D eigenvalue weighted by Crippen LogP contribution is -2.29. The minimum Gasteiger partial charge on any atom is -0.482 e. The normalized spacial score (nSPS) is 12.3. The second kappa shape index (κ2) is 10.3. The first kappa shape index (κ1) is 25.5. The van der Waals surface area contributed by atoms with Crippen molar-refractivity contribution in [2.75, 3.05) is 11.9 Å². The number of carbonyl (C=O) groups excluding carboxylic acids is 4. The van der Waals surface area contributed by atoms with Crippen LogP contribution in [0.25, 0.3) is 5.65 Å². The Bertz CT molecular complexity index is 1660. The third-order valence-electron chi connectivity index (χ3n) is 6.15. The van der Waals surface area contributed by atoms with Crippen molar-refractivity contribution in [1.29, 1.82) is 0 Å². The maximum atomic E-state index is 14.4. The van der Waals surface area contributed by atoms with Crippen molar-refractivity contribution in [3.05, 3.63) is 88.1 Å². The highest BCUT2D eigenvalue weighted by atomic mass is 19.1. The van der Waals surface area contributed by atoms with Gasteiger partial charge in [-0.15, -0.1) is 0 Å². The van der Waals surface area contributed by atoms with Crippen molar-refractivity contribution < 1.29 is 28.3 Å². The summed E-state index contributed by atoms with van der Waals surface area (Å²) in [5.74, 6) is -1.84. The Hall–Kier alpha value is -5.13. The topological polar surface area (TPSA) is 144 Å². The van der Waals surface area contributed by atoms with Gasteiger partial charge in [0.25, 0.3) is 17.7 Å². The van der Waals surface area contributed by atoms with Crippen LogP contribution in [0.3, 0.4) is 0 Å². The Labute approximate surface area is 221 Å². The number of aromatic nitrogens is 3. The number of hydrogen-bond donors (Lipinski definition) is 3. The molecule has 0 radical (unpaired) electrons. The number of ether oxygens (including phenoxy) is 1. The summed E-state index contributed by atoms with van der Waals surface area (Å²) < 4.78 is 20.7. The number of amides is 3. The van der Waals surface area contributed by atoms with Crippen LogP contribution in [0.15, 0.2) is 48.7 Å². The molecule has 39 heavy (non-hydrogen) atoms. The van der Waals surface area contributed by atoms with Gasteiger partial charge in [-0.1, -0.05) is 24.3 Å². The number of hydrogen-bond acceptors (Lipinski definition) is 7. The molecule has 2 aromatic heterocycles. The second-order valence-corrected chi connectivity index (χ2v) is 8.99. The van der Waals surface area contributed by atoms with Gasteiger partial charge in [0.05, 0.1) is 11.9 Å². The molecule has 0 fully saturated rings. The van der Waals surface area contributed by atoms with Gasteiger partial charge in [0.2, 0.25) is 0 Å². The molecule has 0 saturated carbocycles. The molecule has 3 heterocycles. The van der Waals surface area contributed by atoms with Crippen LogP contribution in [-0.4, -0.2) is 44.7 Å². The minimum atomic E-state index is -0.792. The molecule has 2 aromatic carbocycles. The van der Waals surface area contributed by atoms with Crippen molar-refractivity contribution in [3.63, 3.8) is 0 Å². The Balaban J connectivity index is 1.33. The number of halogens is 1. The van der Waals surface area contributed by atoms with Crippen LogP contribution in [0.4, 0.5) is 10.1 Å². The molecule has 0 unspecified atom stereocenters. The molecule has 0 atom stereocenters. The highest BCUT2D eigenvalue weighted by molar-refractivity contribution is 5.99. The molecule has 3 N–H and O–H groups in total. The van der Waals surface area contributed by atoms with E-state index in [1.165, 1.54) is 13.0 Å². The third kappa shape index (κ3) is 5.30. The maximum Gasteiger partial charge on any atom is 0.270 e. The fourth-order valence-corrected chi connectivity index (χ4v) is 4.23. The molecule has 198 valence electrons. The Morgan fingerprint density at radius 2 is 1.77 bits per heavy atom. The van der Waals surface area contributed by atoms with Crippen LogP contribution in [0.1, 0.15) is 54.9 Å². The lowest BCUT2D eigenvalue weighted by Gasteiger charge is -2.18. The predicted molar refractivity (Wildman–Crippen MR) is 137 cm³/mol. The SMILES string of the molecule is CC(=O)c1ccc(CNC(=O)c2cc(C(=O)NCc3ccc4c(c3)NC(=O)CO4)nc3c(F)cnn23)cc1C. The Morgan fingerprint density at radius 3 is 2.51 bits per heavy atom. The summed E-state index contributed by atoms with van der Waals surface area (Å²) in [5, 5.41) is 12.0. The number of nitrogens with zero attached hydrogens (tertiary/aromatic N) is 3. The number of anilines is 1. The van der Waals surface area contributed by atoms with E-state index in [-0.39, 0.29) is 48.4 Å². The number of carbonyl (C=O) groups is 4. The van der Waals surface area contributed by atoms with Gasteiger partial charge in [-0.2, -0.15) is 5.10 Å². The molecule has 0 spiro atoms. The van der Waals surface area contributed by atoms with Gasteiger partial charge >= 0.3 is 0 Å². The van der Waals surface area contributed by atoms with Gasteiger partial charge in [0, 0.05) is 24.7 Å². The van der Waals surface area contributed by atoms with E-state index in [0.29, 0.717) is 22.6 Å².